The molecular weight excluding hydrogens is 248 g/mol. The average Bonchev–Trinajstić information content (AvgIpc) is 3.19. The second-order valence-corrected chi connectivity index (χ2v) is 6.63. The summed E-state index contributed by atoms with van der Waals surface area (Å²) in [4.78, 5) is 0.300. The van der Waals surface area contributed by atoms with Crippen LogP contribution in [0.3, 0.4) is 0 Å². The van der Waals surface area contributed by atoms with Gasteiger partial charge in [0.25, 0.3) is 0 Å². The molecule has 1 aliphatic carbocycles. The van der Waals surface area contributed by atoms with Gasteiger partial charge in [-0.05, 0) is 50.1 Å². The van der Waals surface area contributed by atoms with E-state index in [0.717, 1.165) is 18.2 Å². The molecule has 0 aliphatic heterocycles. The molecule has 0 radical (unpaired) electrons. The Balaban J connectivity index is 1.83. The zero-order valence-corrected chi connectivity index (χ0v) is 11.5. The third-order valence-electron chi connectivity index (χ3n) is 3.25. The van der Waals surface area contributed by atoms with Crippen molar-refractivity contribution >= 4 is 15.7 Å². The average molecular weight is 268 g/mol. The summed E-state index contributed by atoms with van der Waals surface area (Å²) in [5.74, 6) is 0.968. The summed E-state index contributed by atoms with van der Waals surface area (Å²) in [6.07, 6.45) is 5.29. The highest BCUT2D eigenvalue weighted by atomic mass is 32.2. The van der Waals surface area contributed by atoms with Gasteiger partial charge in [0.2, 0.25) is 10.0 Å². The molecule has 0 heterocycles. The second-order valence-electron chi connectivity index (χ2n) is 4.74. The lowest BCUT2D eigenvalue weighted by Gasteiger charge is -2.07. The Morgan fingerprint density at radius 2 is 1.89 bits per heavy atom. The van der Waals surface area contributed by atoms with Gasteiger partial charge in [-0.3, -0.25) is 0 Å². The minimum absolute atomic E-state index is 0.300. The van der Waals surface area contributed by atoms with Crippen molar-refractivity contribution in [2.75, 3.05) is 18.9 Å². The maximum atomic E-state index is 11.5. The molecule has 0 saturated heterocycles. The van der Waals surface area contributed by atoms with Crippen LogP contribution in [0, 0.1) is 5.92 Å². The van der Waals surface area contributed by atoms with Gasteiger partial charge in [0.05, 0.1) is 4.90 Å². The lowest BCUT2D eigenvalue weighted by atomic mass is 10.2. The highest BCUT2D eigenvalue weighted by Crippen LogP contribution is 2.33. The molecule has 2 N–H and O–H groups in total. The fourth-order valence-corrected chi connectivity index (χ4v) is 2.63. The number of benzene rings is 1. The quantitative estimate of drug-likeness (QED) is 0.745. The van der Waals surface area contributed by atoms with Crippen LogP contribution >= 0.6 is 0 Å². The summed E-state index contributed by atoms with van der Waals surface area (Å²) >= 11 is 0. The summed E-state index contributed by atoms with van der Waals surface area (Å²) in [5, 5.41) is 3.31. The molecule has 1 saturated carbocycles. The summed E-state index contributed by atoms with van der Waals surface area (Å²) in [5.41, 5.74) is 0.973. The van der Waals surface area contributed by atoms with E-state index in [0.29, 0.717) is 4.90 Å². The number of nitrogens with one attached hydrogen (secondary N) is 2. The van der Waals surface area contributed by atoms with Crippen LogP contribution in [0.1, 0.15) is 25.7 Å². The number of hydrogen-bond acceptors (Lipinski definition) is 3. The predicted octanol–water partition coefficient (Wildman–Crippen LogP) is 2.20. The highest BCUT2D eigenvalue weighted by Gasteiger charge is 2.19. The molecule has 1 aromatic carbocycles. The lowest BCUT2D eigenvalue weighted by Crippen LogP contribution is -2.18. The van der Waals surface area contributed by atoms with Crippen molar-refractivity contribution < 1.29 is 8.42 Å². The Morgan fingerprint density at radius 1 is 1.22 bits per heavy atom. The molecule has 1 aromatic rings. The van der Waals surface area contributed by atoms with E-state index in [2.05, 4.69) is 10.0 Å². The molecule has 2 rings (SSSR count). The summed E-state index contributed by atoms with van der Waals surface area (Å²) in [6.45, 7) is 0.953. The van der Waals surface area contributed by atoms with E-state index < -0.39 is 10.0 Å². The first-order valence-corrected chi connectivity index (χ1v) is 7.87. The number of hydrogen-bond donors (Lipinski definition) is 2. The summed E-state index contributed by atoms with van der Waals surface area (Å²) in [7, 11) is -1.90. The molecule has 0 unspecified atom stereocenters. The number of sulfonamides is 1. The molecule has 0 amide bonds. The standard InChI is InChI=1S/C13H20N2O2S/c1-14-18(16,17)13-8-6-12(7-9-13)15-10-2-3-11-4-5-11/h6-9,11,14-15H,2-5,10H2,1H3. The van der Waals surface area contributed by atoms with E-state index in [1.54, 1.807) is 24.3 Å². The zero-order chi connectivity index (χ0) is 13.0. The zero-order valence-electron chi connectivity index (χ0n) is 10.6. The van der Waals surface area contributed by atoms with Gasteiger partial charge < -0.3 is 5.32 Å². The van der Waals surface area contributed by atoms with Crippen molar-refractivity contribution in [3.63, 3.8) is 0 Å². The Hall–Kier alpha value is -1.07. The third-order valence-corrected chi connectivity index (χ3v) is 4.68. The van der Waals surface area contributed by atoms with Crippen molar-refractivity contribution in [3.8, 4) is 0 Å². The normalized spacial score (nSPS) is 15.6. The Labute approximate surface area is 109 Å². The van der Waals surface area contributed by atoms with Gasteiger partial charge in [-0.1, -0.05) is 12.8 Å². The Morgan fingerprint density at radius 3 is 2.44 bits per heavy atom. The molecule has 18 heavy (non-hydrogen) atoms. The van der Waals surface area contributed by atoms with Gasteiger partial charge in [-0.15, -0.1) is 0 Å². The summed E-state index contributed by atoms with van der Waals surface area (Å²) in [6, 6.07) is 6.85. The monoisotopic (exact) mass is 268 g/mol. The van der Waals surface area contributed by atoms with Gasteiger partial charge in [0.1, 0.15) is 0 Å². The van der Waals surface area contributed by atoms with Crippen LogP contribution in [0.15, 0.2) is 29.2 Å². The first-order chi connectivity index (χ1) is 8.62. The molecule has 0 aromatic heterocycles. The third kappa shape index (κ3) is 3.71. The van der Waals surface area contributed by atoms with Crippen molar-refractivity contribution in [2.45, 2.75) is 30.6 Å². The Kier molecular flexibility index (Phi) is 4.24. The van der Waals surface area contributed by atoms with Crippen LogP contribution < -0.4 is 10.0 Å². The molecule has 5 heteroatoms. The van der Waals surface area contributed by atoms with Gasteiger partial charge >= 0.3 is 0 Å². The molecule has 0 atom stereocenters. The predicted molar refractivity (Wildman–Crippen MR) is 73.1 cm³/mol. The molecule has 4 nitrogen and oxygen atoms in total. The molecule has 0 spiro atoms. The van der Waals surface area contributed by atoms with Gasteiger partial charge in [-0.2, -0.15) is 0 Å². The van der Waals surface area contributed by atoms with Crippen LogP contribution in [0.4, 0.5) is 5.69 Å². The lowest BCUT2D eigenvalue weighted by molar-refractivity contribution is 0.588. The van der Waals surface area contributed by atoms with Crippen LogP contribution in [0.5, 0.6) is 0 Å². The highest BCUT2D eigenvalue weighted by molar-refractivity contribution is 7.89. The number of rotatable bonds is 7. The van der Waals surface area contributed by atoms with E-state index in [9.17, 15) is 8.42 Å². The van der Waals surface area contributed by atoms with Gasteiger partial charge in [0, 0.05) is 12.2 Å². The van der Waals surface area contributed by atoms with Crippen molar-refractivity contribution in [2.24, 2.45) is 5.92 Å². The van der Waals surface area contributed by atoms with Crippen LogP contribution in [0.25, 0.3) is 0 Å². The van der Waals surface area contributed by atoms with E-state index >= 15 is 0 Å². The van der Waals surface area contributed by atoms with E-state index in [4.69, 9.17) is 0 Å². The molecular formula is C13H20N2O2S. The molecule has 0 bridgehead atoms. The van der Waals surface area contributed by atoms with Gasteiger partial charge in [0.15, 0.2) is 0 Å². The minimum Gasteiger partial charge on any atom is -0.385 e. The maximum Gasteiger partial charge on any atom is 0.240 e. The SMILES string of the molecule is CNS(=O)(=O)c1ccc(NCCCC2CC2)cc1. The van der Waals surface area contributed by atoms with Crippen molar-refractivity contribution in [3.05, 3.63) is 24.3 Å². The van der Waals surface area contributed by atoms with E-state index in [1.807, 2.05) is 0 Å². The Bertz CT molecular complexity index is 478. The van der Waals surface area contributed by atoms with E-state index in [1.165, 1.54) is 32.7 Å². The van der Waals surface area contributed by atoms with Crippen LogP contribution in [-0.4, -0.2) is 22.0 Å². The van der Waals surface area contributed by atoms with Crippen LogP contribution in [-0.2, 0) is 10.0 Å². The molecule has 1 fully saturated rings. The first kappa shape index (κ1) is 13.4. The number of anilines is 1. The minimum atomic E-state index is -3.32. The van der Waals surface area contributed by atoms with Crippen molar-refractivity contribution in [1.29, 1.82) is 0 Å². The summed E-state index contributed by atoms with van der Waals surface area (Å²) < 4.78 is 25.3. The second kappa shape index (κ2) is 5.71. The van der Waals surface area contributed by atoms with Crippen LogP contribution in [0.2, 0.25) is 0 Å². The fourth-order valence-electron chi connectivity index (χ4n) is 1.90. The van der Waals surface area contributed by atoms with Gasteiger partial charge in [-0.25, -0.2) is 13.1 Å². The maximum absolute atomic E-state index is 11.5. The first-order valence-electron chi connectivity index (χ1n) is 6.39. The largest absolute Gasteiger partial charge is 0.385 e. The van der Waals surface area contributed by atoms with Crippen molar-refractivity contribution in [1.82, 2.24) is 4.72 Å². The van der Waals surface area contributed by atoms with E-state index in [-0.39, 0.29) is 0 Å². The molecule has 1 aliphatic rings. The topological polar surface area (TPSA) is 58.2 Å². The molecule has 100 valence electrons. The smallest absolute Gasteiger partial charge is 0.240 e. The fraction of sp³-hybridized carbons (Fsp3) is 0.538.